The molecule has 2 aromatic heterocycles. The quantitative estimate of drug-likeness (QED) is 0.510. The Balaban J connectivity index is 1.59. The van der Waals surface area contributed by atoms with Crippen molar-refractivity contribution in [1.29, 1.82) is 0 Å². The number of aryl methyl sites for hydroxylation is 1. The molecule has 6 heteroatoms. The monoisotopic (exact) mass is 338 g/mol. The summed E-state index contributed by atoms with van der Waals surface area (Å²) < 4.78 is 3.95. The fraction of sp³-hybridized carbons (Fsp3) is 0.278. The van der Waals surface area contributed by atoms with Crippen molar-refractivity contribution in [2.45, 2.75) is 23.9 Å². The highest BCUT2D eigenvalue weighted by Gasteiger charge is 2.31. The summed E-state index contributed by atoms with van der Waals surface area (Å²) in [7, 11) is 1.88. The normalized spacial score (nSPS) is 14.0. The third kappa shape index (κ3) is 2.89. The van der Waals surface area contributed by atoms with Crippen LogP contribution in [-0.2, 0) is 7.05 Å². The van der Waals surface area contributed by atoms with Crippen LogP contribution in [0.3, 0.4) is 0 Å². The van der Waals surface area contributed by atoms with E-state index in [0.29, 0.717) is 11.7 Å². The molecule has 0 radical (unpaired) electrons. The van der Waals surface area contributed by atoms with Crippen LogP contribution in [0.25, 0.3) is 5.69 Å². The molecule has 0 amide bonds. The number of thioether (sulfide) groups is 1. The van der Waals surface area contributed by atoms with Crippen molar-refractivity contribution >= 4 is 17.5 Å². The first-order valence-corrected chi connectivity index (χ1v) is 9.00. The van der Waals surface area contributed by atoms with E-state index in [9.17, 15) is 4.79 Å². The predicted molar refractivity (Wildman–Crippen MR) is 93.8 cm³/mol. The first-order chi connectivity index (χ1) is 11.7. The van der Waals surface area contributed by atoms with Crippen molar-refractivity contribution in [2.24, 2.45) is 7.05 Å². The van der Waals surface area contributed by atoms with Crippen molar-refractivity contribution in [3.05, 3.63) is 60.2 Å². The van der Waals surface area contributed by atoms with Gasteiger partial charge in [0.05, 0.1) is 11.4 Å². The highest BCUT2D eigenvalue weighted by Crippen LogP contribution is 2.41. The average molecular weight is 338 g/mol. The summed E-state index contributed by atoms with van der Waals surface area (Å²) in [6, 6.07) is 13.9. The van der Waals surface area contributed by atoms with Gasteiger partial charge in [0.2, 0.25) is 0 Å². The highest BCUT2D eigenvalue weighted by molar-refractivity contribution is 7.99. The van der Waals surface area contributed by atoms with Gasteiger partial charge in [-0.1, -0.05) is 30.0 Å². The van der Waals surface area contributed by atoms with Crippen molar-refractivity contribution in [2.75, 3.05) is 5.75 Å². The zero-order valence-corrected chi connectivity index (χ0v) is 14.2. The van der Waals surface area contributed by atoms with E-state index in [2.05, 4.69) is 26.9 Å². The van der Waals surface area contributed by atoms with Crippen molar-refractivity contribution in [3.8, 4) is 5.69 Å². The second-order valence-corrected chi connectivity index (χ2v) is 6.94. The minimum Gasteiger partial charge on any atom is -0.348 e. The molecule has 0 aliphatic heterocycles. The Hall–Kier alpha value is -2.34. The Labute approximate surface area is 144 Å². The van der Waals surface area contributed by atoms with E-state index in [1.165, 1.54) is 11.8 Å². The number of nitrogens with zero attached hydrogens (tertiary/aromatic N) is 4. The van der Waals surface area contributed by atoms with E-state index in [1.807, 2.05) is 48.1 Å². The van der Waals surface area contributed by atoms with Gasteiger partial charge in [0.25, 0.3) is 0 Å². The predicted octanol–water partition coefficient (Wildman–Crippen LogP) is 3.46. The molecule has 0 saturated heterocycles. The van der Waals surface area contributed by atoms with E-state index < -0.39 is 0 Å². The molecule has 1 aliphatic carbocycles. The smallest absolute Gasteiger partial charge is 0.196 e. The largest absolute Gasteiger partial charge is 0.348 e. The summed E-state index contributed by atoms with van der Waals surface area (Å²) in [5, 5.41) is 9.52. The maximum absolute atomic E-state index is 12.4. The van der Waals surface area contributed by atoms with E-state index in [0.717, 1.165) is 35.2 Å². The van der Waals surface area contributed by atoms with E-state index in [4.69, 9.17) is 0 Å². The molecule has 5 nitrogen and oxygen atoms in total. The molecule has 2 heterocycles. The topological polar surface area (TPSA) is 52.7 Å². The van der Waals surface area contributed by atoms with Gasteiger partial charge < -0.3 is 4.57 Å². The van der Waals surface area contributed by atoms with Crippen molar-refractivity contribution < 1.29 is 4.79 Å². The van der Waals surface area contributed by atoms with Gasteiger partial charge in [-0.3, -0.25) is 9.36 Å². The van der Waals surface area contributed by atoms with Crippen LogP contribution in [0, 0.1) is 0 Å². The minimum absolute atomic E-state index is 0.100. The summed E-state index contributed by atoms with van der Waals surface area (Å²) in [6.45, 7) is 0. The molecule has 3 aromatic rings. The van der Waals surface area contributed by atoms with Crippen LogP contribution in [0.4, 0.5) is 0 Å². The van der Waals surface area contributed by atoms with Crippen LogP contribution >= 0.6 is 11.8 Å². The molecule has 0 spiro atoms. The number of aromatic nitrogens is 4. The number of hydrogen-bond acceptors (Lipinski definition) is 4. The van der Waals surface area contributed by atoms with Crippen molar-refractivity contribution in [1.82, 2.24) is 19.3 Å². The summed E-state index contributed by atoms with van der Waals surface area (Å²) in [5.74, 6) is 1.96. The number of hydrogen-bond donors (Lipinski definition) is 0. The third-order valence-corrected chi connectivity index (χ3v) is 5.11. The molecule has 0 unspecified atom stereocenters. The number of ketones is 1. The van der Waals surface area contributed by atoms with Gasteiger partial charge in [0.1, 0.15) is 5.82 Å². The average Bonchev–Trinajstić information content (AvgIpc) is 3.22. The number of rotatable bonds is 6. The highest BCUT2D eigenvalue weighted by atomic mass is 32.2. The Morgan fingerprint density at radius 2 is 1.96 bits per heavy atom. The molecular weight excluding hydrogens is 320 g/mol. The molecule has 1 saturated carbocycles. The van der Waals surface area contributed by atoms with Gasteiger partial charge in [0.15, 0.2) is 10.9 Å². The lowest BCUT2D eigenvalue weighted by Gasteiger charge is -2.09. The van der Waals surface area contributed by atoms with Crippen LogP contribution < -0.4 is 0 Å². The lowest BCUT2D eigenvalue weighted by molar-refractivity contribution is 0.101. The van der Waals surface area contributed by atoms with Crippen LogP contribution in [0.1, 0.15) is 35.1 Å². The lowest BCUT2D eigenvalue weighted by atomic mass is 10.3. The van der Waals surface area contributed by atoms with Crippen LogP contribution in [0.2, 0.25) is 0 Å². The fourth-order valence-corrected chi connectivity index (χ4v) is 3.59. The Bertz CT molecular complexity index is 864. The fourth-order valence-electron chi connectivity index (χ4n) is 2.76. The Morgan fingerprint density at radius 1 is 1.17 bits per heavy atom. The molecule has 24 heavy (non-hydrogen) atoms. The van der Waals surface area contributed by atoms with E-state index in [1.54, 1.807) is 0 Å². The maximum atomic E-state index is 12.4. The summed E-state index contributed by atoms with van der Waals surface area (Å²) in [5.41, 5.74) is 1.77. The maximum Gasteiger partial charge on any atom is 0.196 e. The van der Waals surface area contributed by atoms with Gasteiger partial charge in [0, 0.05) is 24.8 Å². The zero-order chi connectivity index (χ0) is 16.5. The summed E-state index contributed by atoms with van der Waals surface area (Å²) in [4.78, 5) is 12.4. The zero-order valence-electron chi connectivity index (χ0n) is 13.4. The number of para-hydroxylation sites is 1. The standard InChI is InChI=1S/C18H18N4OS/c1-21-11-5-8-15(21)16(23)12-24-18-20-19-17(13-9-10-13)22(18)14-6-3-2-4-7-14/h2-8,11,13H,9-10,12H2,1H3. The van der Waals surface area contributed by atoms with E-state index >= 15 is 0 Å². The first kappa shape index (κ1) is 15.2. The SMILES string of the molecule is Cn1cccc1C(=O)CSc1nnc(C2CC2)n1-c1ccccc1. The number of carbonyl (C=O) groups excluding carboxylic acids is 1. The van der Waals surface area contributed by atoms with Crippen LogP contribution in [0.15, 0.2) is 53.8 Å². The molecule has 0 atom stereocenters. The molecule has 0 N–H and O–H groups in total. The van der Waals surface area contributed by atoms with Gasteiger partial charge >= 0.3 is 0 Å². The van der Waals surface area contributed by atoms with Crippen LogP contribution in [0.5, 0.6) is 0 Å². The Kier molecular flexibility index (Phi) is 3.98. The van der Waals surface area contributed by atoms with Gasteiger partial charge in [-0.15, -0.1) is 10.2 Å². The molecule has 1 aromatic carbocycles. The summed E-state index contributed by atoms with van der Waals surface area (Å²) in [6.07, 6.45) is 4.21. The molecule has 122 valence electrons. The second kappa shape index (κ2) is 6.28. The van der Waals surface area contributed by atoms with Gasteiger partial charge in [-0.25, -0.2) is 0 Å². The number of carbonyl (C=O) groups is 1. The van der Waals surface area contributed by atoms with Crippen molar-refractivity contribution in [3.63, 3.8) is 0 Å². The summed E-state index contributed by atoms with van der Waals surface area (Å²) >= 11 is 1.45. The number of benzene rings is 1. The lowest BCUT2D eigenvalue weighted by Crippen LogP contribution is -2.09. The molecule has 1 aliphatic rings. The minimum atomic E-state index is 0.100. The third-order valence-electron chi connectivity index (χ3n) is 4.18. The number of Topliss-reactive ketones (excluding diaryl/α,β-unsaturated/α-hetero) is 1. The molecule has 1 fully saturated rings. The first-order valence-electron chi connectivity index (χ1n) is 8.02. The van der Waals surface area contributed by atoms with Gasteiger partial charge in [-0.2, -0.15) is 0 Å². The Morgan fingerprint density at radius 3 is 2.62 bits per heavy atom. The second-order valence-electron chi connectivity index (χ2n) is 6.00. The molecule has 0 bridgehead atoms. The molecular formula is C18H18N4OS. The molecule has 4 rings (SSSR count). The van der Waals surface area contributed by atoms with Gasteiger partial charge in [-0.05, 0) is 37.1 Å². The van der Waals surface area contributed by atoms with E-state index in [-0.39, 0.29) is 5.78 Å². The van der Waals surface area contributed by atoms with Crippen LogP contribution in [-0.4, -0.2) is 30.9 Å².